The van der Waals surface area contributed by atoms with Crippen molar-refractivity contribution in [1.82, 2.24) is 24.1 Å². The van der Waals surface area contributed by atoms with Gasteiger partial charge in [0.1, 0.15) is 0 Å². The number of hydrogen-bond acceptors (Lipinski definition) is 5. The van der Waals surface area contributed by atoms with Crippen LogP contribution < -0.4 is 10.5 Å². The fourth-order valence-electron chi connectivity index (χ4n) is 3.98. The summed E-state index contributed by atoms with van der Waals surface area (Å²) in [6.45, 7) is 2.33. The molecular formula is C21H21ClN6O. The van der Waals surface area contributed by atoms with E-state index < -0.39 is 0 Å². The molecule has 0 atom stereocenters. The minimum atomic E-state index is -0.299. The highest BCUT2D eigenvalue weighted by Gasteiger charge is 2.21. The van der Waals surface area contributed by atoms with Crippen LogP contribution in [0.4, 0.5) is 5.95 Å². The third-order valence-electron chi connectivity index (χ3n) is 5.40. The van der Waals surface area contributed by atoms with Gasteiger partial charge in [-0.05, 0) is 43.2 Å². The summed E-state index contributed by atoms with van der Waals surface area (Å²) in [6.07, 6.45) is 6.48. The quantitative estimate of drug-likeness (QED) is 0.518. The van der Waals surface area contributed by atoms with Crippen LogP contribution in [0.3, 0.4) is 0 Å². The van der Waals surface area contributed by atoms with Crippen LogP contribution in [0.2, 0.25) is 5.02 Å². The molecule has 0 spiro atoms. The number of anilines is 1. The molecule has 1 aromatic carbocycles. The maximum atomic E-state index is 12.7. The topological polar surface area (TPSA) is 68.3 Å². The Hall–Kier alpha value is -2.93. The highest BCUT2D eigenvalue weighted by atomic mass is 35.5. The van der Waals surface area contributed by atoms with E-state index >= 15 is 0 Å². The Morgan fingerprint density at radius 1 is 1.03 bits per heavy atom. The van der Waals surface area contributed by atoms with Crippen molar-refractivity contribution >= 4 is 34.2 Å². The lowest BCUT2D eigenvalue weighted by atomic mass is 10.2. The largest absolute Gasteiger partial charge is 0.341 e. The third kappa shape index (κ3) is 3.35. The first-order chi connectivity index (χ1) is 14.2. The van der Waals surface area contributed by atoms with Gasteiger partial charge >= 0.3 is 0 Å². The molecule has 0 bridgehead atoms. The van der Waals surface area contributed by atoms with E-state index in [1.54, 1.807) is 23.0 Å². The number of pyridine rings is 1. The predicted octanol–water partition coefficient (Wildman–Crippen LogP) is 3.52. The molecule has 0 N–H and O–H groups in total. The zero-order valence-electron chi connectivity index (χ0n) is 16.0. The molecule has 4 heterocycles. The summed E-state index contributed by atoms with van der Waals surface area (Å²) in [6, 6.07) is 11.1. The monoisotopic (exact) mass is 408 g/mol. The van der Waals surface area contributed by atoms with E-state index in [1.165, 1.54) is 12.8 Å². The van der Waals surface area contributed by atoms with Crippen LogP contribution in [-0.2, 0) is 6.54 Å². The third-order valence-corrected chi connectivity index (χ3v) is 5.63. The van der Waals surface area contributed by atoms with Crippen molar-refractivity contribution in [1.29, 1.82) is 0 Å². The second-order valence-electron chi connectivity index (χ2n) is 7.39. The van der Waals surface area contributed by atoms with Crippen molar-refractivity contribution in [3.05, 3.63) is 63.7 Å². The van der Waals surface area contributed by atoms with Gasteiger partial charge in [0.05, 0.1) is 23.1 Å². The van der Waals surface area contributed by atoms with Gasteiger partial charge < -0.3 is 4.90 Å². The van der Waals surface area contributed by atoms with Gasteiger partial charge in [-0.15, -0.1) is 5.10 Å². The lowest BCUT2D eigenvalue weighted by Gasteiger charge is -2.20. The molecule has 1 fully saturated rings. The minimum absolute atomic E-state index is 0.299. The first-order valence-electron chi connectivity index (χ1n) is 9.94. The Morgan fingerprint density at radius 2 is 1.86 bits per heavy atom. The second-order valence-corrected chi connectivity index (χ2v) is 7.83. The zero-order chi connectivity index (χ0) is 19.8. The van der Waals surface area contributed by atoms with Gasteiger partial charge in [0.25, 0.3) is 5.56 Å². The standard InChI is InChI=1S/C21H21ClN6O/c22-15-8-9-18-17(13-15)19(29)24-20-27(14-16-7-3-4-10-23-16)25-21(28(18)20)26-11-5-1-2-6-12-26/h3-4,7-10,13H,1-2,5-6,11-12,14H2. The molecule has 1 aliphatic heterocycles. The van der Waals surface area contributed by atoms with Crippen molar-refractivity contribution < 1.29 is 0 Å². The molecule has 0 radical (unpaired) electrons. The van der Waals surface area contributed by atoms with Crippen LogP contribution in [0, 0.1) is 0 Å². The van der Waals surface area contributed by atoms with Crippen LogP contribution >= 0.6 is 11.6 Å². The Bertz CT molecular complexity index is 1220. The average molecular weight is 409 g/mol. The summed E-state index contributed by atoms with van der Waals surface area (Å²) < 4.78 is 3.76. The summed E-state index contributed by atoms with van der Waals surface area (Å²) in [5.74, 6) is 1.34. The lowest BCUT2D eigenvalue weighted by molar-refractivity contribution is 0.674. The number of benzene rings is 1. The summed E-state index contributed by atoms with van der Waals surface area (Å²) in [4.78, 5) is 23.8. The van der Waals surface area contributed by atoms with Crippen LogP contribution in [0.15, 0.2) is 47.4 Å². The molecule has 0 unspecified atom stereocenters. The molecule has 0 saturated carbocycles. The number of hydrogen-bond donors (Lipinski definition) is 0. The predicted molar refractivity (Wildman–Crippen MR) is 114 cm³/mol. The van der Waals surface area contributed by atoms with Crippen molar-refractivity contribution in [2.75, 3.05) is 18.0 Å². The molecule has 1 saturated heterocycles. The Morgan fingerprint density at radius 3 is 2.62 bits per heavy atom. The fourth-order valence-corrected chi connectivity index (χ4v) is 4.15. The van der Waals surface area contributed by atoms with Crippen molar-refractivity contribution in [2.24, 2.45) is 0 Å². The first-order valence-corrected chi connectivity index (χ1v) is 10.3. The molecule has 1 aliphatic rings. The van der Waals surface area contributed by atoms with E-state index in [1.807, 2.05) is 28.7 Å². The van der Waals surface area contributed by atoms with Gasteiger partial charge in [-0.3, -0.25) is 9.78 Å². The van der Waals surface area contributed by atoms with E-state index in [0.29, 0.717) is 22.7 Å². The van der Waals surface area contributed by atoms with Crippen molar-refractivity contribution in [3.63, 3.8) is 0 Å². The van der Waals surface area contributed by atoms with Crippen molar-refractivity contribution in [3.8, 4) is 0 Å². The van der Waals surface area contributed by atoms with Gasteiger partial charge in [0, 0.05) is 24.3 Å². The van der Waals surface area contributed by atoms with Crippen LogP contribution in [0.1, 0.15) is 31.4 Å². The van der Waals surface area contributed by atoms with Gasteiger partial charge in [-0.1, -0.05) is 30.5 Å². The zero-order valence-corrected chi connectivity index (χ0v) is 16.7. The first kappa shape index (κ1) is 18.1. The molecule has 3 aromatic heterocycles. The Balaban J connectivity index is 1.76. The number of nitrogens with zero attached hydrogens (tertiary/aromatic N) is 6. The Labute approximate surface area is 172 Å². The molecule has 8 heteroatoms. The van der Waals surface area contributed by atoms with E-state index in [9.17, 15) is 4.79 Å². The molecule has 4 aromatic rings. The SMILES string of the molecule is O=c1nc2n(Cc3ccccn3)nc(N3CCCCCC3)n2c2ccc(Cl)cc12. The molecule has 148 valence electrons. The fraction of sp³-hybridized carbons (Fsp3) is 0.333. The van der Waals surface area contributed by atoms with Gasteiger partial charge in [-0.25, -0.2) is 9.08 Å². The van der Waals surface area contributed by atoms with Crippen LogP contribution in [0.5, 0.6) is 0 Å². The lowest BCUT2D eigenvalue weighted by Crippen LogP contribution is -2.26. The van der Waals surface area contributed by atoms with E-state index in [-0.39, 0.29) is 5.56 Å². The van der Waals surface area contributed by atoms with E-state index in [0.717, 1.165) is 43.1 Å². The summed E-state index contributed by atoms with van der Waals surface area (Å²) in [7, 11) is 0. The minimum Gasteiger partial charge on any atom is -0.341 e. The maximum Gasteiger partial charge on any atom is 0.282 e. The van der Waals surface area contributed by atoms with E-state index in [4.69, 9.17) is 16.7 Å². The normalized spacial score (nSPS) is 15.1. The highest BCUT2D eigenvalue weighted by Crippen LogP contribution is 2.25. The van der Waals surface area contributed by atoms with Gasteiger partial charge in [0.2, 0.25) is 11.7 Å². The molecule has 0 aliphatic carbocycles. The highest BCUT2D eigenvalue weighted by molar-refractivity contribution is 6.31. The number of rotatable bonds is 3. The maximum absolute atomic E-state index is 12.7. The molecule has 0 amide bonds. The van der Waals surface area contributed by atoms with Crippen LogP contribution in [-0.4, -0.2) is 37.2 Å². The van der Waals surface area contributed by atoms with E-state index in [2.05, 4.69) is 14.9 Å². The van der Waals surface area contributed by atoms with Gasteiger partial charge in [-0.2, -0.15) is 4.98 Å². The molecule has 29 heavy (non-hydrogen) atoms. The number of aromatic nitrogens is 5. The van der Waals surface area contributed by atoms with Gasteiger partial charge in [0.15, 0.2) is 0 Å². The van der Waals surface area contributed by atoms with Crippen molar-refractivity contribution in [2.45, 2.75) is 32.2 Å². The summed E-state index contributed by atoms with van der Waals surface area (Å²) in [5, 5.41) is 5.92. The average Bonchev–Trinajstić information content (AvgIpc) is 2.91. The number of fused-ring (bicyclic) bond motifs is 3. The molecule has 5 rings (SSSR count). The van der Waals surface area contributed by atoms with Crippen LogP contribution in [0.25, 0.3) is 16.7 Å². The molecule has 7 nitrogen and oxygen atoms in total. The summed E-state index contributed by atoms with van der Waals surface area (Å²) in [5.41, 5.74) is 1.34. The second kappa shape index (κ2) is 7.48. The number of halogens is 1. The Kier molecular flexibility index (Phi) is 4.67. The summed E-state index contributed by atoms with van der Waals surface area (Å²) >= 11 is 6.15. The molecular weight excluding hydrogens is 388 g/mol. The smallest absolute Gasteiger partial charge is 0.282 e.